The Morgan fingerprint density at radius 2 is 1.64 bits per heavy atom. The van der Waals surface area contributed by atoms with Crippen molar-refractivity contribution in [1.29, 1.82) is 0 Å². The first-order valence-corrected chi connectivity index (χ1v) is 14.4. The van der Waals surface area contributed by atoms with Crippen LogP contribution in [0.4, 0.5) is 0 Å². The van der Waals surface area contributed by atoms with Crippen LogP contribution in [-0.2, 0) is 12.0 Å². The van der Waals surface area contributed by atoms with Crippen LogP contribution in [-0.4, -0.2) is 53.8 Å². The number of nitrogens with one attached hydrogen (secondary N) is 1. The van der Waals surface area contributed by atoms with E-state index in [-0.39, 0.29) is 5.41 Å². The fourth-order valence-corrected chi connectivity index (χ4v) is 5.04. The molecule has 5 rings (SSSR count). The molecule has 0 aliphatic carbocycles. The molecule has 1 aromatic heterocycles. The van der Waals surface area contributed by atoms with Crippen LogP contribution in [0.5, 0.6) is 17.2 Å². The number of rotatable bonds is 10. The highest BCUT2D eigenvalue weighted by Gasteiger charge is 2.16. The van der Waals surface area contributed by atoms with E-state index in [1.807, 2.05) is 24.3 Å². The summed E-state index contributed by atoms with van der Waals surface area (Å²) < 4.78 is 14.8. The number of unbranched alkanes of at least 4 members (excludes halogenated alkanes) is 1. The number of aryl methyl sites for hydroxylation is 1. The average molecular weight is 527 g/mol. The number of ether oxygens (including phenoxy) is 2. The minimum atomic E-state index is 0.0684. The van der Waals surface area contributed by atoms with Crippen molar-refractivity contribution >= 4 is 11.0 Å². The van der Waals surface area contributed by atoms with Crippen LogP contribution in [0.3, 0.4) is 0 Å². The standard InChI is InChI=1S/C33H42N4O2/c1-5-6-17-37-31-24-27(38-21-20-36-18-15-34-16-19-36)13-14-30(31)35-32(37)25-9-7-11-28(22-25)39-29-12-8-10-26(23-29)33(2,3)4/h7-14,22-24,34H,5-6,15-21H2,1-4H3. The zero-order valence-corrected chi connectivity index (χ0v) is 23.9. The molecule has 4 aromatic rings. The van der Waals surface area contributed by atoms with Gasteiger partial charge in [-0.2, -0.15) is 0 Å². The van der Waals surface area contributed by atoms with Crippen LogP contribution in [0.25, 0.3) is 22.4 Å². The Hall–Kier alpha value is -3.35. The van der Waals surface area contributed by atoms with Crippen LogP contribution < -0.4 is 14.8 Å². The minimum Gasteiger partial charge on any atom is -0.492 e. The Kier molecular flexibility index (Phi) is 8.53. The zero-order valence-electron chi connectivity index (χ0n) is 23.9. The molecule has 0 saturated carbocycles. The van der Waals surface area contributed by atoms with Gasteiger partial charge in [0, 0.05) is 50.9 Å². The number of hydrogen-bond donors (Lipinski definition) is 1. The molecule has 1 fully saturated rings. The number of aromatic nitrogens is 2. The summed E-state index contributed by atoms with van der Waals surface area (Å²) in [6.07, 6.45) is 2.20. The number of piperazine rings is 1. The molecule has 1 aliphatic heterocycles. The summed E-state index contributed by atoms with van der Waals surface area (Å²) in [4.78, 5) is 7.51. The zero-order chi connectivity index (χ0) is 27.2. The van der Waals surface area contributed by atoms with Crippen LogP contribution in [0.15, 0.2) is 66.7 Å². The van der Waals surface area contributed by atoms with Gasteiger partial charge in [-0.05, 0) is 53.8 Å². The van der Waals surface area contributed by atoms with Crippen molar-refractivity contribution in [3.05, 3.63) is 72.3 Å². The summed E-state index contributed by atoms with van der Waals surface area (Å²) in [5.74, 6) is 3.52. The maximum absolute atomic E-state index is 6.32. The smallest absolute Gasteiger partial charge is 0.141 e. The van der Waals surface area contributed by atoms with E-state index in [0.717, 1.165) is 91.8 Å². The van der Waals surface area contributed by atoms with Crippen molar-refractivity contribution in [3.63, 3.8) is 0 Å². The van der Waals surface area contributed by atoms with Crippen molar-refractivity contribution < 1.29 is 9.47 Å². The monoisotopic (exact) mass is 526 g/mol. The highest BCUT2D eigenvalue weighted by molar-refractivity contribution is 5.82. The summed E-state index contributed by atoms with van der Waals surface area (Å²) in [6.45, 7) is 15.7. The lowest BCUT2D eigenvalue weighted by molar-refractivity contribution is 0.191. The van der Waals surface area contributed by atoms with Crippen LogP contribution in [0, 0.1) is 0 Å². The maximum atomic E-state index is 6.32. The molecule has 0 atom stereocenters. The topological polar surface area (TPSA) is 51.6 Å². The summed E-state index contributed by atoms with van der Waals surface area (Å²) >= 11 is 0. The van der Waals surface area contributed by atoms with Crippen molar-refractivity contribution in [2.45, 2.75) is 52.5 Å². The van der Waals surface area contributed by atoms with Crippen molar-refractivity contribution in [2.24, 2.45) is 0 Å². The molecule has 0 amide bonds. The van der Waals surface area contributed by atoms with E-state index in [1.54, 1.807) is 0 Å². The van der Waals surface area contributed by atoms with Crippen molar-refractivity contribution in [2.75, 3.05) is 39.3 Å². The normalized spacial score (nSPS) is 14.6. The summed E-state index contributed by atoms with van der Waals surface area (Å²) in [7, 11) is 0. The largest absolute Gasteiger partial charge is 0.492 e. The number of nitrogens with zero attached hydrogens (tertiary/aromatic N) is 3. The van der Waals surface area contributed by atoms with Gasteiger partial charge in [0.05, 0.1) is 11.0 Å². The number of fused-ring (bicyclic) bond motifs is 1. The molecule has 0 bridgehead atoms. The van der Waals surface area contributed by atoms with E-state index in [9.17, 15) is 0 Å². The number of imidazole rings is 1. The Morgan fingerprint density at radius 3 is 2.41 bits per heavy atom. The lowest BCUT2D eigenvalue weighted by atomic mass is 9.87. The summed E-state index contributed by atoms with van der Waals surface area (Å²) in [5, 5.41) is 3.40. The van der Waals surface area contributed by atoms with Crippen LogP contribution in [0.2, 0.25) is 0 Å². The van der Waals surface area contributed by atoms with Crippen LogP contribution >= 0.6 is 0 Å². The molecule has 1 saturated heterocycles. The van der Waals surface area contributed by atoms with E-state index in [0.29, 0.717) is 6.61 Å². The van der Waals surface area contributed by atoms with Gasteiger partial charge in [0.1, 0.15) is 29.7 Å². The first-order valence-electron chi connectivity index (χ1n) is 14.4. The molecular weight excluding hydrogens is 484 g/mol. The third-order valence-corrected chi connectivity index (χ3v) is 7.37. The van der Waals surface area contributed by atoms with Gasteiger partial charge in [0.15, 0.2) is 0 Å². The Balaban J connectivity index is 1.39. The minimum absolute atomic E-state index is 0.0684. The molecule has 2 heterocycles. The van der Waals surface area contributed by atoms with Crippen molar-refractivity contribution in [3.8, 4) is 28.6 Å². The first kappa shape index (κ1) is 27.2. The predicted octanol–water partition coefficient (Wildman–Crippen LogP) is 6.88. The third kappa shape index (κ3) is 6.81. The van der Waals surface area contributed by atoms with Gasteiger partial charge < -0.3 is 19.4 Å². The molecule has 6 heteroatoms. The maximum Gasteiger partial charge on any atom is 0.141 e. The molecule has 3 aromatic carbocycles. The Morgan fingerprint density at radius 1 is 0.872 bits per heavy atom. The molecule has 6 nitrogen and oxygen atoms in total. The highest BCUT2D eigenvalue weighted by atomic mass is 16.5. The van der Waals surface area contributed by atoms with Gasteiger partial charge in [0.25, 0.3) is 0 Å². The van der Waals surface area contributed by atoms with Gasteiger partial charge in [-0.15, -0.1) is 0 Å². The summed E-state index contributed by atoms with van der Waals surface area (Å²) in [6, 6.07) is 22.9. The average Bonchev–Trinajstić information content (AvgIpc) is 3.30. The van der Waals surface area contributed by atoms with Crippen LogP contribution in [0.1, 0.15) is 46.1 Å². The fourth-order valence-electron chi connectivity index (χ4n) is 5.04. The molecular formula is C33H42N4O2. The SMILES string of the molecule is CCCCn1c(-c2cccc(Oc3cccc(C(C)(C)C)c3)c2)nc2ccc(OCCN3CCNCC3)cc21. The van der Waals surface area contributed by atoms with E-state index in [1.165, 1.54) is 5.56 Å². The lowest BCUT2D eigenvalue weighted by Gasteiger charge is -2.26. The van der Waals surface area contributed by atoms with E-state index < -0.39 is 0 Å². The highest BCUT2D eigenvalue weighted by Crippen LogP contribution is 2.33. The fraction of sp³-hybridized carbons (Fsp3) is 0.424. The van der Waals surface area contributed by atoms with Gasteiger partial charge in [-0.25, -0.2) is 4.98 Å². The van der Waals surface area contributed by atoms with Crippen molar-refractivity contribution in [1.82, 2.24) is 19.8 Å². The van der Waals surface area contributed by atoms with Gasteiger partial charge >= 0.3 is 0 Å². The summed E-state index contributed by atoms with van der Waals surface area (Å²) in [5.41, 5.74) is 4.47. The lowest BCUT2D eigenvalue weighted by Crippen LogP contribution is -2.44. The van der Waals surface area contributed by atoms with E-state index in [2.05, 4.69) is 84.9 Å². The molecule has 39 heavy (non-hydrogen) atoms. The predicted molar refractivity (Wildman–Crippen MR) is 160 cm³/mol. The van der Waals surface area contributed by atoms with Gasteiger partial charge in [-0.1, -0.05) is 58.4 Å². The van der Waals surface area contributed by atoms with E-state index in [4.69, 9.17) is 14.5 Å². The number of hydrogen-bond acceptors (Lipinski definition) is 5. The van der Waals surface area contributed by atoms with Gasteiger partial charge in [0.2, 0.25) is 0 Å². The second-order valence-corrected chi connectivity index (χ2v) is 11.4. The molecule has 206 valence electrons. The first-order chi connectivity index (χ1) is 18.9. The Bertz CT molecular complexity index is 1380. The third-order valence-electron chi connectivity index (χ3n) is 7.37. The Labute approximate surface area is 233 Å². The van der Waals surface area contributed by atoms with E-state index >= 15 is 0 Å². The molecule has 0 radical (unpaired) electrons. The molecule has 0 spiro atoms. The quantitative estimate of drug-likeness (QED) is 0.244. The second-order valence-electron chi connectivity index (χ2n) is 11.4. The molecule has 0 unspecified atom stereocenters. The number of benzene rings is 3. The second kappa shape index (κ2) is 12.2. The van der Waals surface area contributed by atoms with Gasteiger partial charge in [-0.3, -0.25) is 4.90 Å². The molecule has 1 aliphatic rings. The molecule has 1 N–H and O–H groups in total.